The van der Waals surface area contributed by atoms with E-state index in [-0.39, 0.29) is 18.1 Å². The monoisotopic (exact) mass is 326 g/mol. The number of nitrogens with zero attached hydrogens (tertiary/aromatic N) is 1. The maximum atomic E-state index is 13.1. The smallest absolute Gasteiger partial charge is 0.357 e. The predicted octanol–water partition coefficient (Wildman–Crippen LogP) is 1.00. The standard InChI is InChI=1S/C12H17F3N4O.ClH/c13-12(14,15)10(19-6-4-16-5-7-19)8-18-11(20)9-2-1-3-17-9;/h1-3,10,16-17H,4-8H2,(H,18,20);1H. The third kappa shape index (κ3) is 4.90. The number of alkyl halides is 3. The second kappa shape index (κ2) is 7.67. The Morgan fingerprint density at radius 3 is 2.57 bits per heavy atom. The first kappa shape index (κ1) is 17.8. The lowest BCUT2D eigenvalue weighted by atomic mass is 10.2. The van der Waals surface area contributed by atoms with Crippen LogP contribution in [0.5, 0.6) is 0 Å². The lowest BCUT2D eigenvalue weighted by molar-refractivity contribution is -0.183. The molecule has 2 heterocycles. The SMILES string of the molecule is Cl.O=C(NCC(N1CCNCC1)C(F)(F)F)c1ccc[nH]1. The Bertz CT molecular complexity index is 432. The van der Waals surface area contributed by atoms with Gasteiger partial charge in [0.2, 0.25) is 0 Å². The van der Waals surface area contributed by atoms with Crippen molar-refractivity contribution in [3.05, 3.63) is 24.0 Å². The maximum Gasteiger partial charge on any atom is 0.405 e. The van der Waals surface area contributed by atoms with E-state index in [4.69, 9.17) is 0 Å². The number of nitrogens with one attached hydrogen (secondary N) is 3. The maximum absolute atomic E-state index is 13.1. The van der Waals surface area contributed by atoms with Crippen LogP contribution in [0.15, 0.2) is 18.3 Å². The van der Waals surface area contributed by atoms with Crippen LogP contribution in [0.2, 0.25) is 0 Å². The topological polar surface area (TPSA) is 60.2 Å². The number of aromatic nitrogens is 1. The van der Waals surface area contributed by atoms with Crippen molar-refractivity contribution >= 4 is 18.3 Å². The summed E-state index contributed by atoms with van der Waals surface area (Å²) in [5, 5.41) is 5.34. The summed E-state index contributed by atoms with van der Waals surface area (Å²) < 4.78 is 39.2. The van der Waals surface area contributed by atoms with Gasteiger partial charge in [-0.05, 0) is 12.1 Å². The molecule has 1 fully saturated rings. The van der Waals surface area contributed by atoms with Crippen molar-refractivity contribution in [2.24, 2.45) is 0 Å². The van der Waals surface area contributed by atoms with Crippen LogP contribution in [0.4, 0.5) is 13.2 Å². The van der Waals surface area contributed by atoms with Gasteiger partial charge in [0, 0.05) is 38.9 Å². The average molecular weight is 327 g/mol. The Balaban J connectivity index is 0.00000220. The molecule has 1 saturated heterocycles. The zero-order valence-corrected chi connectivity index (χ0v) is 12.1. The molecule has 1 unspecified atom stereocenters. The lowest BCUT2D eigenvalue weighted by Crippen LogP contribution is -2.57. The first-order valence-electron chi connectivity index (χ1n) is 6.41. The molecular weight excluding hydrogens is 309 g/mol. The number of piperazine rings is 1. The highest BCUT2D eigenvalue weighted by Gasteiger charge is 2.43. The van der Waals surface area contributed by atoms with Crippen LogP contribution >= 0.6 is 12.4 Å². The highest BCUT2D eigenvalue weighted by Crippen LogP contribution is 2.24. The number of amides is 1. The van der Waals surface area contributed by atoms with Gasteiger partial charge in [-0.15, -0.1) is 12.4 Å². The fourth-order valence-electron chi connectivity index (χ4n) is 2.20. The van der Waals surface area contributed by atoms with Crippen molar-refractivity contribution in [1.29, 1.82) is 0 Å². The van der Waals surface area contributed by atoms with E-state index in [2.05, 4.69) is 15.6 Å². The van der Waals surface area contributed by atoms with Crippen LogP contribution in [0, 0.1) is 0 Å². The second-order valence-corrected chi connectivity index (χ2v) is 4.64. The van der Waals surface area contributed by atoms with Crippen LogP contribution < -0.4 is 10.6 Å². The Morgan fingerprint density at radius 1 is 1.38 bits per heavy atom. The first-order valence-corrected chi connectivity index (χ1v) is 6.41. The van der Waals surface area contributed by atoms with Gasteiger partial charge < -0.3 is 15.6 Å². The van der Waals surface area contributed by atoms with Gasteiger partial charge in [0.25, 0.3) is 5.91 Å². The van der Waals surface area contributed by atoms with Crippen molar-refractivity contribution in [3.8, 4) is 0 Å². The number of hydrogen-bond acceptors (Lipinski definition) is 3. The van der Waals surface area contributed by atoms with E-state index in [0.29, 0.717) is 26.2 Å². The van der Waals surface area contributed by atoms with Crippen molar-refractivity contribution < 1.29 is 18.0 Å². The molecule has 1 aromatic heterocycles. The van der Waals surface area contributed by atoms with Gasteiger partial charge in [0.05, 0.1) is 0 Å². The molecule has 5 nitrogen and oxygen atoms in total. The van der Waals surface area contributed by atoms with Gasteiger partial charge in [-0.25, -0.2) is 0 Å². The third-order valence-corrected chi connectivity index (χ3v) is 3.27. The molecule has 1 aromatic rings. The fraction of sp³-hybridized carbons (Fsp3) is 0.583. The molecule has 1 aliphatic heterocycles. The number of aromatic amines is 1. The predicted molar refractivity (Wildman–Crippen MR) is 74.7 cm³/mol. The molecule has 0 bridgehead atoms. The van der Waals surface area contributed by atoms with E-state index >= 15 is 0 Å². The molecule has 3 N–H and O–H groups in total. The van der Waals surface area contributed by atoms with Gasteiger partial charge in [-0.1, -0.05) is 0 Å². The average Bonchev–Trinajstić information content (AvgIpc) is 2.92. The summed E-state index contributed by atoms with van der Waals surface area (Å²) in [5.41, 5.74) is 0.256. The quantitative estimate of drug-likeness (QED) is 0.774. The van der Waals surface area contributed by atoms with Crippen molar-refractivity contribution in [2.75, 3.05) is 32.7 Å². The molecule has 0 aliphatic carbocycles. The Kier molecular flexibility index (Phi) is 6.50. The summed E-state index contributed by atoms with van der Waals surface area (Å²) in [5.74, 6) is -0.528. The van der Waals surface area contributed by atoms with E-state index in [9.17, 15) is 18.0 Å². The van der Waals surface area contributed by atoms with Gasteiger partial charge in [0.15, 0.2) is 0 Å². The molecular formula is C12H18ClF3N4O. The van der Waals surface area contributed by atoms with E-state index in [1.54, 1.807) is 12.3 Å². The largest absolute Gasteiger partial charge is 0.405 e. The number of hydrogen-bond donors (Lipinski definition) is 3. The summed E-state index contributed by atoms with van der Waals surface area (Å²) in [6.07, 6.45) is -2.81. The minimum Gasteiger partial charge on any atom is -0.357 e. The molecule has 0 aromatic carbocycles. The highest BCUT2D eigenvalue weighted by molar-refractivity contribution is 5.92. The highest BCUT2D eigenvalue weighted by atomic mass is 35.5. The van der Waals surface area contributed by atoms with Crippen molar-refractivity contribution in [3.63, 3.8) is 0 Å². The summed E-state index contributed by atoms with van der Waals surface area (Å²) in [6.45, 7) is 1.25. The molecule has 120 valence electrons. The molecule has 0 spiro atoms. The van der Waals surface area contributed by atoms with Gasteiger partial charge >= 0.3 is 6.18 Å². The Labute approximate surface area is 126 Å². The summed E-state index contributed by atoms with van der Waals surface area (Å²) in [7, 11) is 0. The zero-order valence-electron chi connectivity index (χ0n) is 11.2. The summed E-state index contributed by atoms with van der Waals surface area (Å²) in [6, 6.07) is 1.48. The van der Waals surface area contributed by atoms with E-state index < -0.39 is 24.7 Å². The van der Waals surface area contributed by atoms with Crippen LogP contribution in [0.25, 0.3) is 0 Å². The van der Waals surface area contributed by atoms with Crippen LogP contribution in [0.3, 0.4) is 0 Å². The first-order chi connectivity index (χ1) is 9.48. The zero-order chi connectivity index (χ0) is 14.6. The fourth-order valence-corrected chi connectivity index (χ4v) is 2.20. The van der Waals surface area contributed by atoms with Crippen molar-refractivity contribution in [1.82, 2.24) is 20.5 Å². The molecule has 9 heteroatoms. The van der Waals surface area contributed by atoms with Crippen molar-refractivity contribution in [2.45, 2.75) is 12.2 Å². The van der Waals surface area contributed by atoms with Crippen LogP contribution in [-0.4, -0.2) is 60.7 Å². The molecule has 1 atom stereocenters. The van der Waals surface area contributed by atoms with Gasteiger partial charge in [-0.2, -0.15) is 13.2 Å². The minimum atomic E-state index is -4.36. The number of rotatable bonds is 4. The summed E-state index contributed by atoms with van der Waals surface area (Å²) >= 11 is 0. The molecule has 1 aliphatic rings. The molecule has 0 saturated carbocycles. The van der Waals surface area contributed by atoms with Gasteiger partial charge in [-0.3, -0.25) is 9.69 Å². The lowest BCUT2D eigenvalue weighted by Gasteiger charge is -2.35. The Hall–Kier alpha value is -1.25. The van der Waals surface area contributed by atoms with Crippen LogP contribution in [-0.2, 0) is 0 Å². The van der Waals surface area contributed by atoms with E-state index in [1.807, 2.05) is 0 Å². The normalized spacial score (nSPS) is 17.9. The third-order valence-electron chi connectivity index (χ3n) is 3.27. The second-order valence-electron chi connectivity index (χ2n) is 4.64. The van der Waals surface area contributed by atoms with Gasteiger partial charge in [0.1, 0.15) is 11.7 Å². The molecule has 2 rings (SSSR count). The van der Waals surface area contributed by atoms with Crippen LogP contribution in [0.1, 0.15) is 10.5 Å². The number of carbonyl (C=O) groups is 1. The molecule has 21 heavy (non-hydrogen) atoms. The Morgan fingerprint density at radius 2 is 2.05 bits per heavy atom. The number of halogens is 4. The number of carbonyl (C=O) groups excluding carboxylic acids is 1. The van der Waals surface area contributed by atoms with E-state index in [1.165, 1.54) is 11.0 Å². The molecule has 0 radical (unpaired) electrons. The minimum absolute atomic E-state index is 0. The molecule has 1 amide bonds. The van der Waals surface area contributed by atoms with E-state index in [0.717, 1.165) is 0 Å². The summed E-state index contributed by atoms with van der Waals surface area (Å²) in [4.78, 5) is 15.7. The number of H-pyrrole nitrogens is 1.